The van der Waals surface area contributed by atoms with Crippen LogP contribution in [0.15, 0.2) is 88.8 Å². The third-order valence-corrected chi connectivity index (χ3v) is 6.03. The molecule has 1 unspecified atom stereocenters. The van der Waals surface area contributed by atoms with E-state index >= 15 is 0 Å². The Morgan fingerprint density at radius 3 is 2.42 bits per heavy atom. The summed E-state index contributed by atoms with van der Waals surface area (Å²) < 4.78 is 5.72. The molecule has 3 heterocycles. The topological polar surface area (TPSA) is 83.6 Å². The van der Waals surface area contributed by atoms with Crippen molar-refractivity contribution < 1.29 is 19.1 Å². The summed E-state index contributed by atoms with van der Waals surface area (Å²) in [5.41, 5.74) is 1.86. The Morgan fingerprint density at radius 1 is 1.00 bits per heavy atom. The first-order valence-electron chi connectivity index (χ1n) is 10.0. The van der Waals surface area contributed by atoms with Crippen LogP contribution in [0.5, 0.6) is 0 Å². The van der Waals surface area contributed by atoms with E-state index in [-0.39, 0.29) is 17.9 Å². The molecule has 1 aliphatic rings. The van der Waals surface area contributed by atoms with Crippen molar-refractivity contribution in [2.75, 3.05) is 0 Å². The van der Waals surface area contributed by atoms with E-state index in [1.54, 1.807) is 73.1 Å². The highest BCUT2D eigenvalue weighted by atomic mass is 35.5. The molecule has 0 saturated carbocycles. The van der Waals surface area contributed by atoms with E-state index in [0.717, 1.165) is 5.56 Å². The van der Waals surface area contributed by atoms with Gasteiger partial charge in [-0.3, -0.25) is 14.6 Å². The van der Waals surface area contributed by atoms with Crippen LogP contribution < -0.4 is 0 Å². The van der Waals surface area contributed by atoms with Gasteiger partial charge in [-0.25, -0.2) is 0 Å². The lowest BCUT2D eigenvalue weighted by molar-refractivity contribution is -0.130. The second kappa shape index (κ2) is 8.39. The number of benzene rings is 2. The number of aromatic nitrogens is 1. The van der Waals surface area contributed by atoms with Gasteiger partial charge in [0.25, 0.3) is 5.91 Å². The Balaban J connectivity index is 1.60. The predicted molar refractivity (Wildman–Crippen MR) is 124 cm³/mol. The normalized spacial score (nSPS) is 16.1. The number of hydrogen-bond acceptors (Lipinski definition) is 5. The summed E-state index contributed by atoms with van der Waals surface area (Å²) in [7, 11) is 0. The van der Waals surface area contributed by atoms with E-state index in [0.29, 0.717) is 26.6 Å². The lowest BCUT2D eigenvalue weighted by Gasteiger charge is -2.26. The quantitative estimate of drug-likeness (QED) is 0.360. The zero-order chi connectivity index (χ0) is 23.1. The second-order valence-corrected chi connectivity index (χ2v) is 8.50. The minimum atomic E-state index is -0.827. The van der Waals surface area contributed by atoms with Crippen LogP contribution in [0.25, 0.3) is 11.0 Å². The fourth-order valence-corrected chi connectivity index (χ4v) is 4.29. The van der Waals surface area contributed by atoms with Crippen LogP contribution in [0.2, 0.25) is 10.0 Å². The number of carbonyl (C=O) groups excluding carboxylic acids is 2. The molecule has 0 bridgehead atoms. The number of ketones is 1. The molecule has 0 spiro atoms. The van der Waals surface area contributed by atoms with Crippen LogP contribution in [0.4, 0.5) is 0 Å². The molecule has 164 valence electrons. The van der Waals surface area contributed by atoms with Crippen molar-refractivity contribution in [2.45, 2.75) is 12.6 Å². The largest absolute Gasteiger partial charge is 0.503 e. The zero-order valence-corrected chi connectivity index (χ0v) is 18.5. The molecule has 1 aliphatic heterocycles. The van der Waals surface area contributed by atoms with Crippen molar-refractivity contribution in [2.24, 2.45) is 0 Å². The number of fused-ring (bicyclic) bond motifs is 1. The standard InChI is InChI=1S/C25H16Cl2N2O4/c26-17-3-1-15(2-4-17)22-21(23(30)20-12-16-11-18(27)5-6-19(16)33-20)24(31)25(32)29(22)13-14-7-9-28-10-8-14/h1-12,22,31H,13H2. The molecule has 5 rings (SSSR count). The molecule has 4 aromatic rings. The first-order valence-corrected chi connectivity index (χ1v) is 10.8. The van der Waals surface area contributed by atoms with Gasteiger partial charge in [-0.2, -0.15) is 0 Å². The maximum atomic E-state index is 13.5. The summed E-state index contributed by atoms with van der Waals surface area (Å²) in [5.74, 6) is -1.82. The monoisotopic (exact) mass is 478 g/mol. The molecule has 0 saturated heterocycles. The molecule has 2 aromatic heterocycles. The highest BCUT2D eigenvalue weighted by Crippen LogP contribution is 2.40. The number of carbonyl (C=O) groups is 2. The van der Waals surface area contributed by atoms with Crippen molar-refractivity contribution in [1.29, 1.82) is 0 Å². The van der Waals surface area contributed by atoms with Gasteiger partial charge in [0.1, 0.15) is 5.58 Å². The number of pyridine rings is 1. The molecular formula is C25H16Cl2N2O4. The number of nitrogens with zero attached hydrogens (tertiary/aromatic N) is 2. The first kappa shape index (κ1) is 21.2. The molecule has 2 aromatic carbocycles. The Bertz CT molecular complexity index is 1410. The minimum Gasteiger partial charge on any atom is -0.503 e. The van der Waals surface area contributed by atoms with Gasteiger partial charge in [-0.05, 0) is 59.7 Å². The van der Waals surface area contributed by atoms with Gasteiger partial charge in [0, 0.05) is 34.4 Å². The summed E-state index contributed by atoms with van der Waals surface area (Å²) in [6.07, 6.45) is 3.23. The summed E-state index contributed by atoms with van der Waals surface area (Å²) in [4.78, 5) is 32.1. The molecule has 1 atom stereocenters. The molecule has 6 nitrogen and oxygen atoms in total. The van der Waals surface area contributed by atoms with E-state index in [4.69, 9.17) is 27.6 Å². The van der Waals surface area contributed by atoms with Crippen molar-refractivity contribution in [3.8, 4) is 0 Å². The van der Waals surface area contributed by atoms with Gasteiger partial charge in [-0.15, -0.1) is 0 Å². The van der Waals surface area contributed by atoms with Crippen LogP contribution >= 0.6 is 23.2 Å². The fraction of sp³-hybridized carbons (Fsp3) is 0.0800. The number of rotatable bonds is 5. The summed E-state index contributed by atoms with van der Waals surface area (Å²) in [6.45, 7) is 0.172. The molecule has 1 N–H and O–H groups in total. The van der Waals surface area contributed by atoms with Crippen LogP contribution in [0.3, 0.4) is 0 Å². The number of Topliss-reactive ketones (excluding diaryl/α,β-unsaturated/α-hetero) is 1. The Hall–Kier alpha value is -3.61. The van der Waals surface area contributed by atoms with Gasteiger partial charge in [0.15, 0.2) is 11.5 Å². The van der Waals surface area contributed by atoms with Gasteiger partial charge >= 0.3 is 0 Å². The van der Waals surface area contributed by atoms with E-state index in [9.17, 15) is 14.7 Å². The van der Waals surface area contributed by atoms with Gasteiger partial charge in [-0.1, -0.05) is 35.3 Å². The van der Waals surface area contributed by atoms with Crippen LogP contribution in [0.1, 0.15) is 27.7 Å². The summed E-state index contributed by atoms with van der Waals surface area (Å²) in [5, 5.41) is 12.5. The molecule has 8 heteroatoms. The number of amides is 1. The highest BCUT2D eigenvalue weighted by Gasteiger charge is 2.44. The maximum absolute atomic E-state index is 13.5. The SMILES string of the molecule is O=C(C1=C(O)C(=O)N(Cc2ccncc2)C1c1ccc(Cl)cc1)c1cc2cc(Cl)ccc2o1. The predicted octanol–water partition coefficient (Wildman–Crippen LogP) is 5.91. The smallest absolute Gasteiger partial charge is 0.290 e. The average molecular weight is 479 g/mol. The lowest BCUT2D eigenvalue weighted by atomic mass is 9.95. The number of hydrogen-bond donors (Lipinski definition) is 1. The van der Waals surface area contributed by atoms with E-state index in [2.05, 4.69) is 4.98 Å². The van der Waals surface area contributed by atoms with Crippen LogP contribution in [-0.2, 0) is 11.3 Å². The van der Waals surface area contributed by atoms with Crippen molar-refractivity contribution in [3.63, 3.8) is 0 Å². The molecule has 0 aliphatic carbocycles. The zero-order valence-electron chi connectivity index (χ0n) is 17.0. The summed E-state index contributed by atoms with van der Waals surface area (Å²) in [6, 6.07) is 16.1. The van der Waals surface area contributed by atoms with E-state index in [1.807, 2.05) is 0 Å². The van der Waals surface area contributed by atoms with Crippen molar-refractivity contribution in [1.82, 2.24) is 9.88 Å². The van der Waals surface area contributed by atoms with Gasteiger partial charge in [0.05, 0.1) is 11.6 Å². The maximum Gasteiger partial charge on any atom is 0.290 e. The Morgan fingerprint density at radius 2 is 1.70 bits per heavy atom. The van der Waals surface area contributed by atoms with Gasteiger partial charge in [0.2, 0.25) is 5.78 Å². The third kappa shape index (κ3) is 3.88. The lowest BCUT2D eigenvalue weighted by Crippen LogP contribution is -2.30. The third-order valence-electron chi connectivity index (χ3n) is 5.54. The Kier molecular flexibility index (Phi) is 5.40. The van der Waals surface area contributed by atoms with Crippen molar-refractivity contribution in [3.05, 3.63) is 111 Å². The summed E-state index contributed by atoms with van der Waals surface area (Å²) >= 11 is 12.1. The average Bonchev–Trinajstić information content (AvgIpc) is 3.34. The number of aliphatic hydroxyl groups is 1. The first-order chi connectivity index (χ1) is 15.9. The second-order valence-electron chi connectivity index (χ2n) is 7.63. The van der Waals surface area contributed by atoms with E-state index < -0.39 is 23.5 Å². The van der Waals surface area contributed by atoms with Gasteiger partial charge < -0.3 is 14.4 Å². The molecular weight excluding hydrogens is 463 g/mol. The number of aliphatic hydroxyl groups excluding tert-OH is 1. The number of halogens is 2. The molecule has 33 heavy (non-hydrogen) atoms. The fourth-order valence-electron chi connectivity index (χ4n) is 3.98. The van der Waals surface area contributed by atoms with Crippen molar-refractivity contribution >= 4 is 45.9 Å². The molecule has 0 fully saturated rings. The van der Waals surface area contributed by atoms with Crippen LogP contribution in [-0.4, -0.2) is 26.7 Å². The minimum absolute atomic E-state index is 0.00587. The Labute approximate surface area is 198 Å². The van der Waals surface area contributed by atoms with E-state index in [1.165, 1.54) is 4.90 Å². The highest BCUT2D eigenvalue weighted by molar-refractivity contribution is 6.31. The molecule has 0 radical (unpaired) electrons. The molecule has 1 amide bonds. The van der Waals surface area contributed by atoms with Crippen LogP contribution in [0, 0.1) is 0 Å². The number of furan rings is 1.